The van der Waals surface area contributed by atoms with Gasteiger partial charge >= 0.3 is 5.97 Å². The number of esters is 1. The third kappa shape index (κ3) is 6.67. The number of carbonyl (C=O) groups excluding carboxylic acids is 1. The summed E-state index contributed by atoms with van der Waals surface area (Å²) in [5.41, 5.74) is -0.762. The summed E-state index contributed by atoms with van der Waals surface area (Å²) in [5, 5.41) is 3.15. The molecule has 0 heterocycles. The smallest absolute Gasteiger partial charge is 0.325 e. The van der Waals surface area contributed by atoms with Crippen LogP contribution in [0, 0.1) is 0 Å². The molecule has 0 bridgehead atoms. The molecule has 2 unspecified atom stereocenters. The van der Waals surface area contributed by atoms with Crippen molar-refractivity contribution in [2.24, 2.45) is 0 Å². The SMILES string of the molecule is CCNC(C)(CC(C)N(C)CCS(C)(=O)=O)C(=O)OC. The summed E-state index contributed by atoms with van der Waals surface area (Å²) in [4.78, 5) is 13.8. The third-order valence-corrected chi connectivity index (χ3v) is 4.40. The molecule has 0 aliphatic carbocycles. The predicted octanol–water partition coefficient (Wildman–Crippen LogP) is 0.283. The molecule has 6 nitrogen and oxygen atoms in total. The van der Waals surface area contributed by atoms with E-state index in [-0.39, 0.29) is 17.8 Å². The second kappa shape index (κ2) is 7.95. The Hall–Kier alpha value is -0.660. The van der Waals surface area contributed by atoms with Crippen LogP contribution in [0.1, 0.15) is 27.2 Å². The molecule has 0 spiro atoms. The Morgan fingerprint density at radius 1 is 1.45 bits per heavy atom. The van der Waals surface area contributed by atoms with Gasteiger partial charge in [-0.3, -0.25) is 4.79 Å². The first-order chi connectivity index (χ1) is 9.05. The maximum atomic E-state index is 11.9. The lowest BCUT2D eigenvalue weighted by molar-refractivity contribution is -0.148. The largest absolute Gasteiger partial charge is 0.468 e. The number of ether oxygens (including phenoxy) is 1. The fraction of sp³-hybridized carbons (Fsp3) is 0.923. The van der Waals surface area contributed by atoms with E-state index in [0.717, 1.165) is 0 Å². The van der Waals surface area contributed by atoms with Crippen molar-refractivity contribution in [3.8, 4) is 0 Å². The maximum absolute atomic E-state index is 11.9. The topological polar surface area (TPSA) is 75.7 Å². The third-order valence-electron chi connectivity index (χ3n) is 3.47. The van der Waals surface area contributed by atoms with Gasteiger partial charge in [0.2, 0.25) is 0 Å². The van der Waals surface area contributed by atoms with E-state index in [0.29, 0.717) is 19.5 Å². The van der Waals surface area contributed by atoms with E-state index in [2.05, 4.69) is 5.32 Å². The number of methoxy groups -OCH3 is 1. The van der Waals surface area contributed by atoms with Crippen molar-refractivity contribution in [1.82, 2.24) is 10.2 Å². The average molecular weight is 308 g/mol. The number of likely N-dealkylation sites (N-methyl/N-ethyl adjacent to an activating group) is 1. The maximum Gasteiger partial charge on any atom is 0.325 e. The molecule has 0 aromatic heterocycles. The van der Waals surface area contributed by atoms with Gasteiger partial charge in [-0.1, -0.05) is 6.92 Å². The molecule has 120 valence electrons. The van der Waals surface area contributed by atoms with Crippen molar-refractivity contribution in [2.45, 2.75) is 38.8 Å². The Morgan fingerprint density at radius 3 is 2.40 bits per heavy atom. The van der Waals surface area contributed by atoms with Gasteiger partial charge in [0.1, 0.15) is 15.4 Å². The van der Waals surface area contributed by atoms with E-state index in [1.165, 1.54) is 13.4 Å². The highest BCUT2D eigenvalue weighted by Crippen LogP contribution is 2.17. The minimum Gasteiger partial charge on any atom is -0.468 e. The van der Waals surface area contributed by atoms with Crippen LogP contribution in [-0.4, -0.2) is 70.1 Å². The van der Waals surface area contributed by atoms with E-state index in [9.17, 15) is 13.2 Å². The Morgan fingerprint density at radius 2 is 2.00 bits per heavy atom. The van der Waals surface area contributed by atoms with Crippen LogP contribution in [-0.2, 0) is 19.4 Å². The number of nitrogens with one attached hydrogen (secondary N) is 1. The highest BCUT2D eigenvalue weighted by atomic mass is 32.2. The fourth-order valence-electron chi connectivity index (χ4n) is 2.12. The van der Waals surface area contributed by atoms with Crippen LogP contribution >= 0.6 is 0 Å². The van der Waals surface area contributed by atoms with Crippen molar-refractivity contribution in [3.05, 3.63) is 0 Å². The quantitative estimate of drug-likeness (QED) is 0.617. The number of nitrogens with zero attached hydrogens (tertiary/aromatic N) is 1. The molecule has 20 heavy (non-hydrogen) atoms. The van der Waals surface area contributed by atoms with Gasteiger partial charge < -0.3 is 15.0 Å². The minimum absolute atomic E-state index is 0.0555. The standard InChI is InChI=1S/C13H28N2O4S/c1-7-14-13(3,12(16)19-5)10-11(2)15(4)8-9-20(6,17)18/h11,14H,7-10H2,1-6H3. The van der Waals surface area contributed by atoms with Gasteiger partial charge in [0, 0.05) is 18.8 Å². The van der Waals surface area contributed by atoms with Crippen molar-refractivity contribution < 1.29 is 17.9 Å². The first-order valence-electron chi connectivity index (χ1n) is 6.77. The fourth-order valence-corrected chi connectivity index (χ4v) is 2.74. The van der Waals surface area contributed by atoms with Crippen molar-refractivity contribution in [1.29, 1.82) is 0 Å². The van der Waals surface area contributed by atoms with E-state index in [1.54, 1.807) is 0 Å². The van der Waals surface area contributed by atoms with Crippen LogP contribution in [0.4, 0.5) is 0 Å². The molecule has 0 rings (SSSR count). The van der Waals surface area contributed by atoms with E-state index >= 15 is 0 Å². The Balaban J connectivity index is 4.67. The molecule has 2 atom stereocenters. The lowest BCUT2D eigenvalue weighted by Gasteiger charge is -2.34. The van der Waals surface area contributed by atoms with E-state index in [4.69, 9.17) is 4.74 Å². The Kier molecular flexibility index (Phi) is 7.69. The van der Waals surface area contributed by atoms with Crippen molar-refractivity contribution in [3.63, 3.8) is 0 Å². The van der Waals surface area contributed by atoms with Crippen molar-refractivity contribution in [2.75, 3.05) is 39.3 Å². The molecule has 0 aliphatic heterocycles. The Bertz CT molecular complexity index is 411. The molecule has 7 heteroatoms. The van der Waals surface area contributed by atoms with Gasteiger partial charge in [0.05, 0.1) is 12.9 Å². The minimum atomic E-state index is -2.98. The van der Waals surface area contributed by atoms with Crippen LogP contribution in [0.3, 0.4) is 0 Å². The van der Waals surface area contributed by atoms with Gasteiger partial charge in [0.25, 0.3) is 0 Å². The van der Waals surface area contributed by atoms with Gasteiger partial charge in [-0.05, 0) is 33.9 Å². The van der Waals surface area contributed by atoms with Crippen LogP contribution in [0.15, 0.2) is 0 Å². The van der Waals surface area contributed by atoms with E-state index in [1.807, 2.05) is 32.7 Å². The molecule has 0 saturated heterocycles. The second-order valence-corrected chi connectivity index (χ2v) is 7.78. The van der Waals surface area contributed by atoms with Crippen LogP contribution in [0.2, 0.25) is 0 Å². The molecule has 1 N–H and O–H groups in total. The number of hydrogen-bond acceptors (Lipinski definition) is 6. The molecular formula is C13H28N2O4S. The summed E-state index contributed by atoms with van der Waals surface area (Å²) in [6.45, 7) is 6.82. The molecule has 0 aromatic rings. The second-order valence-electron chi connectivity index (χ2n) is 5.52. The molecule has 0 saturated carbocycles. The van der Waals surface area contributed by atoms with Crippen LogP contribution in [0.5, 0.6) is 0 Å². The highest BCUT2D eigenvalue weighted by Gasteiger charge is 2.35. The van der Waals surface area contributed by atoms with Crippen LogP contribution < -0.4 is 5.32 Å². The molecule has 0 radical (unpaired) electrons. The van der Waals surface area contributed by atoms with Crippen LogP contribution in [0.25, 0.3) is 0 Å². The lowest BCUT2D eigenvalue weighted by Crippen LogP contribution is -2.53. The molecule has 0 aromatic carbocycles. The highest BCUT2D eigenvalue weighted by molar-refractivity contribution is 7.90. The summed E-state index contributed by atoms with van der Waals surface area (Å²) in [6.07, 6.45) is 1.77. The van der Waals surface area contributed by atoms with Gasteiger partial charge in [-0.25, -0.2) is 8.42 Å². The molecule has 0 fully saturated rings. The van der Waals surface area contributed by atoms with E-state index < -0.39 is 15.4 Å². The zero-order valence-corrected chi connectivity index (χ0v) is 14.2. The number of hydrogen-bond donors (Lipinski definition) is 1. The average Bonchev–Trinajstić information content (AvgIpc) is 2.33. The predicted molar refractivity (Wildman–Crippen MR) is 80.5 cm³/mol. The van der Waals surface area contributed by atoms with Gasteiger partial charge in [0.15, 0.2) is 0 Å². The summed E-state index contributed by atoms with van der Waals surface area (Å²) in [6, 6.07) is 0.0555. The molecular weight excluding hydrogens is 280 g/mol. The zero-order chi connectivity index (χ0) is 16.0. The summed E-state index contributed by atoms with van der Waals surface area (Å²) >= 11 is 0. The summed E-state index contributed by atoms with van der Waals surface area (Å²) in [5.74, 6) is -0.188. The first-order valence-corrected chi connectivity index (χ1v) is 8.83. The monoisotopic (exact) mass is 308 g/mol. The molecule has 0 aliphatic rings. The first kappa shape index (κ1) is 19.3. The number of rotatable bonds is 9. The Labute approximate surface area is 122 Å². The lowest BCUT2D eigenvalue weighted by atomic mass is 9.93. The zero-order valence-electron chi connectivity index (χ0n) is 13.4. The van der Waals surface area contributed by atoms with Gasteiger partial charge in [-0.2, -0.15) is 0 Å². The number of sulfone groups is 1. The molecule has 0 amide bonds. The normalized spacial score (nSPS) is 16.8. The van der Waals surface area contributed by atoms with Crippen molar-refractivity contribution >= 4 is 15.8 Å². The number of carbonyl (C=O) groups is 1. The van der Waals surface area contributed by atoms with Gasteiger partial charge in [-0.15, -0.1) is 0 Å². The summed E-state index contributed by atoms with van der Waals surface area (Å²) in [7, 11) is 0.255. The summed E-state index contributed by atoms with van der Waals surface area (Å²) < 4.78 is 27.2.